The zero-order valence-electron chi connectivity index (χ0n) is 22.0. The van der Waals surface area contributed by atoms with Gasteiger partial charge in [-0.1, -0.05) is 12.1 Å². The number of hydrogen-bond donors (Lipinski definition) is 1. The van der Waals surface area contributed by atoms with E-state index in [0.717, 1.165) is 61.8 Å². The second-order valence-corrected chi connectivity index (χ2v) is 10.4. The van der Waals surface area contributed by atoms with Crippen molar-refractivity contribution in [3.63, 3.8) is 0 Å². The first-order valence-corrected chi connectivity index (χ1v) is 12.9. The van der Waals surface area contributed by atoms with Gasteiger partial charge in [0.15, 0.2) is 16.6 Å². The molecule has 36 heavy (non-hydrogen) atoms. The van der Waals surface area contributed by atoms with Crippen LogP contribution in [-0.2, 0) is 11.2 Å². The summed E-state index contributed by atoms with van der Waals surface area (Å²) in [6, 6.07) is 10.1. The van der Waals surface area contributed by atoms with Crippen molar-refractivity contribution >= 4 is 28.9 Å². The van der Waals surface area contributed by atoms with Crippen LogP contribution >= 0.6 is 12.2 Å². The molecule has 0 aromatic heterocycles. The number of nitrogens with one attached hydrogen (secondary N) is 1. The highest BCUT2D eigenvalue weighted by molar-refractivity contribution is 7.80. The molecule has 194 valence electrons. The average Bonchev–Trinajstić information content (AvgIpc) is 3.26. The van der Waals surface area contributed by atoms with Crippen LogP contribution in [0.25, 0.3) is 0 Å². The Morgan fingerprint density at radius 3 is 2.11 bits per heavy atom. The molecule has 2 aromatic rings. The predicted molar refractivity (Wildman–Crippen MR) is 146 cm³/mol. The van der Waals surface area contributed by atoms with E-state index in [0.29, 0.717) is 17.2 Å². The van der Waals surface area contributed by atoms with Gasteiger partial charge in [-0.3, -0.25) is 4.79 Å². The summed E-state index contributed by atoms with van der Waals surface area (Å²) in [5, 5.41) is 4.20. The third kappa shape index (κ3) is 5.53. The summed E-state index contributed by atoms with van der Waals surface area (Å²) in [5.41, 5.74) is 4.46. The third-order valence-corrected chi connectivity index (χ3v) is 7.86. The minimum Gasteiger partial charge on any atom is -0.493 e. The van der Waals surface area contributed by atoms with Crippen molar-refractivity contribution in [2.75, 3.05) is 52.8 Å². The molecule has 1 spiro atoms. The van der Waals surface area contributed by atoms with E-state index in [9.17, 15) is 4.79 Å². The lowest BCUT2D eigenvalue weighted by molar-refractivity contribution is -0.130. The van der Waals surface area contributed by atoms with E-state index in [1.165, 1.54) is 11.1 Å². The molecule has 2 fully saturated rings. The van der Waals surface area contributed by atoms with Crippen molar-refractivity contribution in [3.05, 3.63) is 47.0 Å². The first-order chi connectivity index (χ1) is 17.3. The molecular weight excluding hydrogens is 474 g/mol. The van der Waals surface area contributed by atoms with Gasteiger partial charge in [0.05, 0.1) is 27.8 Å². The maximum absolute atomic E-state index is 13.3. The second-order valence-electron chi connectivity index (χ2n) is 10.0. The van der Waals surface area contributed by atoms with Crippen LogP contribution in [0.3, 0.4) is 0 Å². The van der Waals surface area contributed by atoms with Gasteiger partial charge < -0.3 is 29.3 Å². The molecule has 0 unspecified atom stereocenters. The summed E-state index contributed by atoms with van der Waals surface area (Å²) in [6.45, 7) is 7.59. The number of piperidine rings is 1. The number of anilines is 1. The van der Waals surface area contributed by atoms with Crippen molar-refractivity contribution in [2.45, 2.75) is 39.5 Å². The Morgan fingerprint density at radius 1 is 0.917 bits per heavy atom. The summed E-state index contributed by atoms with van der Waals surface area (Å²) in [5.74, 6) is 1.77. The van der Waals surface area contributed by atoms with Crippen LogP contribution in [-0.4, -0.2) is 68.3 Å². The molecule has 2 aromatic carbocycles. The number of likely N-dealkylation sites (tertiary alicyclic amines) is 2. The number of thiocarbonyl (C=S) groups is 1. The number of carbonyl (C=O) groups is 1. The lowest BCUT2D eigenvalue weighted by Crippen LogP contribution is -2.46. The van der Waals surface area contributed by atoms with Gasteiger partial charge in [-0.25, -0.2) is 0 Å². The number of ether oxygens (including phenoxy) is 3. The number of amides is 1. The lowest BCUT2D eigenvalue weighted by Gasteiger charge is -2.40. The fourth-order valence-electron chi connectivity index (χ4n) is 5.57. The molecule has 8 heteroatoms. The Hall–Kier alpha value is -3.00. The van der Waals surface area contributed by atoms with Crippen molar-refractivity contribution in [1.29, 1.82) is 0 Å². The molecule has 2 saturated heterocycles. The largest absolute Gasteiger partial charge is 0.493 e. The van der Waals surface area contributed by atoms with Gasteiger partial charge in [-0.15, -0.1) is 0 Å². The number of benzene rings is 2. The molecule has 0 bridgehead atoms. The molecular formula is C28H37N3O4S. The fourth-order valence-corrected chi connectivity index (χ4v) is 5.87. The van der Waals surface area contributed by atoms with Gasteiger partial charge in [0.25, 0.3) is 0 Å². The van der Waals surface area contributed by atoms with Gasteiger partial charge in [0, 0.05) is 37.4 Å². The smallest absolute Gasteiger partial charge is 0.227 e. The highest BCUT2D eigenvalue weighted by atomic mass is 32.1. The van der Waals surface area contributed by atoms with Gasteiger partial charge in [0.1, 0.15) is 0 Å². The SMILES string of the molecule is COc1ccc(CC(=O)N2CCC3(CCN(C(=S)Nc4cc(C)cc(C)c4)CC3)C2)c(OC)c1OC. The number of carbonyl (C=O) groups excluding carboxylic acids is 1. The Balaban J connectivity index is 1.34. The minimum atomic E-state index is 0.117. The first-order valence-electron chi connectivity index (χ1n) is 12.5. The molecule has 2 aliphatic rings. The van der Waals surface area contributed by atoms with E-state index in [1.54, 1.807) is 21.3 Å². The zero-order chi connectivity index (χ0) is 25.9. The van der Waals surface area contributed by atoms with Crippen LogP contribution in [0.2, 0.25) is 0 Å². The maximum atomic E-state index is 13.3. The van der Waals surface area contributed by atoms with E-state index >= 15 is 0 Å². The number of aryl methyl sites for hydroxylation is 2. The molecule has 0 saturated carbocycles. The van der Waals surface area contributed by atoms with Gasteiger partial charge in [-0.2, -0.15) is 0 Å². The number of hydrogen-bond acceptors (Lipinski definition) is 5. The molecule has 2 aliphatic heterocycles. The first kappa shape index (κ1) is 26.1. The minimum absolute atomic E-state index is 0.117. The van der Waals surface area contributed by atoms with Crippen LogP contribution in [0, 0.1) is 19.3 Å². The molecule has 0 radical (unpaired) electrons. The predicted octanol–water partition coefficient (Wildman–Crippen LogP) is 4.58. The van der Waals surface area contributed by atoms with E-state index in [4.69, 9.17) is 26.4 Å². The van der Waals surface area contributed by atoms with Crippen molar-refractivity contribution in [3.8, 4) is 17.2 Å². The van der Waals surface area contributed by atoms with Gasteiger partial charge in [-0.05, 0) is 80.1 Å². The van der Waals surface area contributed by atoms with E-state index in [2.05, 4.69) is 42.3 Å². The maximum Gasteiger partial charge on any atom is 0.227 e. The highest BCUT2D eigenvalue weighted by Gasteiger charge is 2.42. The fraction of sp³-hybridized carbons (Fsp3) is 0.500. The van der Waals surface area contributed by atoms with Crippen LogP contribution < -0.4 is 19.5 Å². The molecule has 4 rings (SSSR count). The molecule has 2 heterocycles. The second kappa shape index (κ2) is 10.9. The van der Waals surface area contributed by atoms with Crippen molar-refractivity contribution < 1.29 is 19.0 Å². The molecule has 0 aliphatic carbocycles. The van der Waals surface area contributed by atoms with E-state index in [1.807, 2.05) is 17.0 Å². The van der Waals surface area contributed by atoms with Crippen molar-refractivity contribution in [2.24, 2.45) is 5.41 Å². The molecule has 0 atom stereocenters. The summed E-state index contributed by atoms with van der Waals surface area (Å²) >= 11 is 5.72. The number of nitrogens with zero attached hydrogens (tertiary/aromatic N) is 2. The Bertz CT molecular complexity index is 1110. The zero-order valence-corrected chi connectivity index (χ0v) is 22.8. The standard InChI is InChI=1S/C28H37N3O4S/c1-19-14-20(2)16-22(15-19)29-27(36)30-11-8-28(9-12-30)10-13-31(18-28)24(32)17-21-6-7-23(33-3)26(35-5)25(21)34-4/h6-7,14-16H,8-13,17-18H2,1-5H3,(H,29,36). The van der Waals surface area contributed by atoms with Crippen LogP contribution in [0.4, 0.5) is 5.69 Å². The summed E-state index contributed by atoms with van der Waals surface area (Å²) in [6.07, 6.45) is 3.37. The van der Waals surface area contributed by atoms with E-state index in [-0.39, 0.29) is 17.7 Å². The summed E-state index contributed by atoms with van der Waals surface area (Å²) < 4.78 is 16.4. The number of methoxy groups -OCH3 is 3. The van der Waals surface area contributed by atoms with Gasteiger partial charge in [0.2, 0.25) is 11.7 Å². The quantitative estimate of drug-likeness (QED) is 0.570. The van der Waals surface area contributed by atoms with Crippen molar-refractivity contribution in [1.82, 2.24) is 9.80 Å². The molecule has 1 N–H and O–H groups in total. The number of rotatable bonds is 6. The molecule has 1 amide bonds. The Kier molecular flexibility index (Phi) is 7.93. The summed E-state index contributed by atoms with van der Waals surface area (Å²) in [7, 11) is 4.75. The van der Waals surface area contributed by atoms with E-state index < -0.39 is 0 Å². The third-order valence-electron chi connectivity index (χ3n) is 7.50. The average molecular weight is 512 g/mol. The summed E-state index contributed by atoms with van der Waals surface area (Å²) in [4.78, 5) is 17.5. The molecule has 7 nitrogen and oxygen atoms in total. The van der Waals surface area contributed by atoms with Crippen LogP contribution in [0.5, 0.6) is 17.2 Å². The highest BCUT2D eigenvalue weighted by Crippen LogP contribution is 2.42. The van der Waals surface area contributed by atoms with Gasteiger partial charge >= 0.3 is 0 Å². The normalized spacial score (nSPS) is 16.7. The van der Waals surface area contributed by atoms with Crippen LogP contribution in [0.15, 0.2) is 30.3 Å². The Morgan fingerprint density at radius 2 is 1.53 bits per heavy atom. The Labute approximate surface area is 219 Å². The van der Waals surface area contributed by atoms with Crippen LogP contribution in [0.1, 0.15) is 36.0 Å². The monoisotopic (exact) mass is 511 g/mol. The topological polar surface area (TPSA) is 63.3 Å². The lowest BCUT2D eigenvalue weighted by atomic mass is 9.78.